The number of hydrogen-bond acceptors (Lipinski definition) is 5. The fourth-order valence-corrected chi connectivity index (χ4v) is 3.31. The van der Waals surface area contributed by atoms with Crippen molar-refractivity contribution in [3.05, 3.63) is 53.0 Å². The number of aromatic nitrogens is 1. The van der Waals surface area contributed by atoms with Gasteiger partial charge in [-0.05, 0) is 24.3 Å². The minimum absolute atomic E-state index is 0.0293. The fourth-order valence-electron chi connectivity index (χ4n) is 2.43. The summed E-state index contributed by atoms with van der Waals surface area (Å²) in [6.45, 7) is 1.00. The van der Waals surface area contributed by atoms with Gasteiger partial charge in [-0.3, -0.25) is 0 Å². The Morgan fingerprint density at radius 1 is 1.29 bits per heavy atom. The number of benzene rings is 2. The van der Waals surface area contributed by atoms with Crippen LogP contribution in [0, 0.1) is 0 Å². The second-order valence-corrected chi connectivity index (χ2v) is 6.10. The van der Waals surface area contributed by atoms with E-state index in [2.05, 4.69) is 11.1 Å². The molecule has 1 aliphatic rings. The largest absolute Gasteiger partial charge is 0.491 e. The highest BCUT2D eigenvalue weighted by Gasteiger charge is 2.20. The lowest BCUT2D eigenvalue weighted by Crippen LogP contribution is -2.10. The van der Waals surface area contributed by atoms with Gasteiger partial charge in [0.15, 0.2) is 0 Å². The molecule has 0 fully saturated rings. The maximum atomic E-state index is 5.93. The molecule has 0 spiro atoms. The van der Waals surface area contributed by atoms with Gasteiger partial charge >= 0.3 is 0 Å². The molecule has 1 aromatic heterocycles. The molecule has 0 amide bonds. The van der Waals surface area contributed by atoms with Gasteiger partial charge in [-0.25, -0.2) is 4.98 Å². The number of nitrogens with zero attached hydrogens (tertiary/aromatic N) is 1. The lowest BCUT2D eigenvalue weighted by molar-refractivity contribution is 0.300. The summed E-state index contributed by atoms with van der Waals surface area (Å²) < 4.78 is 12.5. The Bertz CT molecular complexity index is 767. The van der Waals surface area contributed by atoms with Crippen LogP contribution in [0.15, 0.2) is 42.5 Å². The lowest BCUT2D eigenvalue weighted by atomic mass is 10.1. The minimum atomic E-state index is -0.0293. The van der Waals surface area contributed by atoms with Crippen molar-refractivity contribution in [1.82, 2.24) is 4.98 Å². The zero-order valence-electron chi connectivity index (χ0n) is 11.3. The SMILES string of the molecule is NC1COc2cc(OCc3nc4ccccc4s3)ccc21. The maximum absolute atomic E-state index is 5.93. The third-order valence-electron chi connectivity index (χ3n) is 3.50. The van der Waals surface area contributed by atoms with E-state index >= 15 is 0 Å². The number of fused-ring (bicyclic) bond motifs is 2. The topological polar surface area (TPSA) is 57.4 Å². The first-order valence-corrected chi connectivity index (χ1v) is 7.61. The van der Waals surface area contributed by atoms with E-state index < -0.39 is 0 Å². The van der Waals surface area contributed by atoms with Crippen molar-refractivity contribution < 1.29 is 9.47 Å². The van der Waals surface area contributed by atoms with Crippen LogP contribution in [-0.2, 0) is 6.61 Å². The Morgan fingerprint density at radius 2 is 2.19 bits per heavy atom. The molecule has 4 nitrogen and oxygen atoms in total. The van der Waals surface area contributed by atoms with Crippen LogP contribution in [-0.4, -0.2) is 11.6 Å². The van der Waals surface area contributed by atoms with Gasteiger partial charge in [-0.1, -0.05) is 12.1 Å². The van der Waals surface area contributed by atoms with Gasteiger partial charge in [0.05, 0.1) is 16.3 Å². The van der Waals surface area contributed by atoms with Crippen molar-refractivity contribution in [2.75, 3.05) is 6.61 Å². The van der Waals surface area contributed by atoms with E-state index in [1.54, 1.807) is 11.3 Å². The number of hydrogen-bond donors (Lipinski definition) is 1. The Labute approximate surface area is 126 Å². The molecule has 2 aromatic carbocycles. The Kier molecular flexibility index (Phi) is 3.02. The van der Waals surface area contributed by atoms with Crippen molar-refractivity contribution in [3.63, 3.8) is 0 Å². The van der Waals surface area contributed by atoms with Crippen LogP contribution in [0.1, 0.15) is 16.6 Å². The van der Waals surface area contributed by atoms with E-state index in [1.807, 2.05) is 36.4 Å². The van der Waals surface area contributed by atoms with Crippen molar-refractivity contribution >= 4 is 21.6 Å². The van der Waals surface area contributed by atoms with E-state index in [0.717, 1.165) is 27.6 Å². The molecule has 2 N–H and O–H groups in total. The summed E-state index contributed by atoms with van der Waals surface area (Å²) in [6, 6.07) is 13.9. The van der Waals surface area contributed by atoms with E-state index in [-0.39, 0.29) is 6.04 Å². The normalized spacial score (nSPS) is 16.7. The van der Waals surface area contributed by atoms with Crippen LogP contribution < -0.4 is 15.2 Å². The Morgan fingerprint density at radius 3 is 3.10 bits per heavy atom. The molecule has 0 saturated carbocycles. The Hall–Kier alpha value is -2.11. The second kappa shape index (κ2) is 5.02. The van der Waals surface area contributed by atoms with Crippen LogP contribution in [0.3, 0.4) is 0 Å². The quantitative estimate of drug-likeness (QED) is 0.806. The van der Waals surface area contributed by atoms with Crippen LogP contribution in [0.5, 0.6) is 11.5 Å². The molecular weight excluding hydrogens is 284 g/mol. The van der Waals surface area contributed by atoms with E-state index in [9.17, 15) is 0 Å². The molecule has 0 saturated heterocycles. The molecule has 0 bridgehead atoms. The van der Waals surface area contributed by atoms with E-state index in [4.69, 9.17) is 15.2 Å². The van der Waals surface area contributed by atoms with Gasteiger partial charge in [-0.2, -0.15) is 0 Å². The minimum Gasteiger partial charge on any atom is -0.491 e. The summed E-state index contributed by atoms with van der Waals surface area (Å²) in [7, 11) is 0. The van der Waals surface area contributed by atoms with Gasteiger partial charge in [0, 0.05) is 11.6 Å². The summed E-state index contributed by atoms with van der Waals surface area (Å²) in [6.07, 6.45) is 0. The average Bonchev–Trinajstić information content (AvgIpc) is 3.08. The van der Waals surface area contributed by atoms with E-state index in [1.165, 1.54) is 4.70 Å². The number of thiazole rings is 1. The third kappa shape index (κ3) is 2.34. The number of nitrogens with two attached hydrogens (primary N) is 1. The van der Waals surface area contributed by atoms with Crippen LogP contribution in [0.25, 0.3) is 10.2 Å². The zero-order valence-corrected chi connectivity index (χ0v) is 12.1. The molecule has 3 aromatic rings. The third-order valence-corrected chi connectivity index (χ3v) is 4.51. The average molecular weight is 298 g/mol. The number of ether oxygens (including phenoxy) is 2. The van der Waals surface area contributed by atoms with Crippen LogP contribution >= 0.6 is 11.3 Å². The standard InChI is InChI=1S/C16H14N2O2S/c17-12-8-20-14-7-10(5-6-11(12)14)19-9-16-18-13-3-1-2-4-15(13)21-16/h1-7,12H,8-9,17H2. The fraction of sp³-hybridized carbons (Fsp3) is 0.188. The Balaban J connectivity index is 1.51. The number of rotatable bonds is 3. The second-order valence-electron chi connectivity index (χ2n) is 4.98. The predicted octanol–water partition coefficient (Wildman–Crippen LogP) is 3.27. The van der Waals surface area contributed by atoms with Crippen LogP contribution in [0.2, 0.25) is 0 Å². The summed E-state index contributed by atoms with van der Waals surface area (Å²) in [4.78, 5) is 4.55. The van der Waals surface area contributed by atoms with Gasteiger partial charge in [0.25, 0.3) is 0 Å². The summed E-state index contributed by atoms with van der Waals surface area (Å²) in [5, 5.41) is 0.967. The van der Waals surface area contributed by atoms with Crippen molar-refractivity contribution in [2.24, 2.45) is 5.73 Å². The molecule has 1 aliphatic heterocycles. The smallest absolute Gasteiger partial charge is 0.140 e. The first-order valence-electron chi connectivity index (χ1n) is 6.79. The first-order chi connectivity index (χ1) is 10.3. The lowest BCUT2D eigenvalue weighted by Gasteiger charge is -2.06. The molecule has 21 heavy (non-hydrogen) atoms. The molecular formula is C16H14N2O2S. The molecule has 1 atom stereocenters. The molecule has 1 unspecified atom stereocenters. The summed E-state index contributed by atoms with van der Waals surface area (Å²) >= 11 is 1.65. The van der Waals surface area contributed by atoms with Gasteiger partial charge in [0.1, 0.15) is 29.7 Å². The molecule has 2 heterocycles. The highest BCUT2D eigenvalue weighted by Crippen LogP contribution is 2.34. The number of para-hydroxylation sites is 1. The van der Waals surface area contributed by atoms with Gasteiger partial charge < -0.3 is 15.2 Å². The molecule has 4 rings (SSSR count). The molecule has 5 heteroatoms. The molecule has 0 aliphatic carbocycles. The molecule has 106 valence electrons. The summed E-state index contributed by atoms with van der Waals surface area (Å²) in [5.74, 6) is 1.60. The highest BCUT2D eigenvalue weighted by molar-refractivity contribution is 7.18. The zero-order chi connectivity index (χ0) is 14.2. The van der Waals surface area contributed by atoms with Gasteiger partial charge in [0.2, 0.25) is 0 Å². The van der Waals surface area contributed by atoms with Gasteiger partial charge in [-0.15, -0.1) is 11.3 Å². The predicted molar refractivity (Wildman–Crippen MR) is 82.8 cm³/mol. The molecule has 0 radical (unpaired) electrons. The van der Waals surface area contributed by atoms with Crippen molar-refractivity contribution in [2.45, 2.75) is 12.6 Å². The van der Waals surface area contributed by atoms with E-state index in [0.29, 0.717) is 13.2 Å². The monoisotopic (exact) mass is 298 g/mol. The van der Waals surface area contributed by atoms with Crippen molar-refractivity contribution in [1.29, 1.82) is 0 Å². The maximum Gasteiger partial charge on any atom is 0.140 e. The van der Waals surface area contributed by atoms with Crippen molar-refractivity contribution in [3.8, 4) is 11.5 Å². The first kappa shape index (κ1) is 12.6. The van der Waals surface area contributed by atoms with Crippen LogP contribution in [0.4, 0.5) is 0 Å². The summed E-state index contributed by atoms with van der Waals surface area (Å²) in [5.41, 5.74) is 7.99. The highest BCUT2D eigenvalue weighted by atomic mass is 32.1.